The summed E-state index contributed by atoms with van der Waals surface area (Å²) < 4.78 is 13.3. The van der Waals surface area contributed by atoms with Crippen molar-refractivity contribution in [2.45, 2.75) is 32.7 Å². The molecule has 138 valence electrons. The fourth-order valence-corrected chi connectivity index (χ4v) is 3.17. The molecule has 0 bridgehead atoms. The van der Waals surface area contributed by atoms with E-state index in [0.29, 0.717) is 19.0 Å². The van der Waals surface area contributed by atoms with Crippen molar-refractivity contribution in [2.24, 2.45) is 5.92 Å². The molecule has 0 atom stereocenters. The molecular weight excluding hydrogens is 345 g/mol. The molecule has 1 heterocycles. The van der Waals surface area contributed by atoms with E-state index >= 15 is 0 Å². The van der Waals surface area contributed by atoms with Crippen molar-refractivity contribution in [1.82, 2.24) is 15.5 Å². The minimum Gasteiger partial charge on any atom is -0.353 e. The van der Waals surface area contributed by atoms with E-state index in [2.05, 4.69) is 15.5 Å². The number of halogens is 2. The Balaban J connectivity index is 1.73. The molecule has 1 fully saturated rings. The van der Waals surface area contributed by atoms with Gasteiger partial charge in [0.05, 0.1) is 6.54 Å². The third-order valence-corrected chi connectivity index (χ3v) is 4.42. The molecular formula is C18H25ClFN3O2. The summed E-state index contributed by atoms with van der Waals surface area (Å²) in [5.41, 5.74) is 0.229. The molecule has 1 saturated heterocycles. The summed E-state index contributed by atoms with van der Waals surface area (Å²) in [6.45, 7) is 6.50. The summed E-state index contributed by atoms with van der Waals surface area (Å²) in [5, 5.41) is 5.94. The second-order valence-electron chi connectivity index (χ2n) is 6.81. The quantitative estimate of drug-likeness (QED) is 0.809. The van der Waals surface area contributed by atoms with Crippen molar-refractivity contribution >= 4 is 23.4 Å². The maximum Gasteiger partial charge on any atom is 0.251 e. The van der Waals surface area contributed by atoms with Crippen molar-refractivity contribution in [2.75, 3.05) is 26.2 Å². The number of nitrogens with one attached hydrogen (secondary N) is 2. The monoisotopic (exact) mass is 369 g/mol. The first-order valence-electron chi connectivity index (χ1n) is 8.59. The van der Waals surface area contributed by atoms with Crippen LogP contribution < -0.4 is 10.6 Å². The number of hydrogen-bond donors (Lipinski definition) is 2. The van der Waals surface area contributed by atoms with Gasteiger partial charge in [0.1, 0.15) is 5.82 Å². The van der Waals surface area contributed by atoms with Gasteiger partial charge < -0.3 is 10.6 Å². The fourth-order valence-electron chi connectivity index (χ4n) is 2.94. The van der Waals surface area contributed by atoms with Gasteiger partial charge in [-0.2, -0.15) is 0 Å². The van der Waals surface area contributed by atoms with Gasteiger partial charge in [0.15, 0.2) is 0 Å². The number of rotatable bonds is 6. The first kappa shape index (κ1) is 19.7. The smallest absolute Gasteiger partial charge is 0.251 e. The van der Waals surface area contributed by atoms with Gasteiger partial charge in [-0.3, -0.25) is 14.5 Å². The standard InChI is InChI=1S/C18H25ClFN3O2/c1-12(2)22-17(24)11-23-5-3-13(4-6-23)10-21-18(25)14-7-15(19)9-16(20)8-14/h7-9,12-13H,3-6,10-11H2,1-2H3,(H,21,25)(H,22,24). The van der Waals surface area contributed by atoms with Gasteiger partial charge in [-0.1, -0.05) is 11.6 Å². The highest BCUT2D eigenvalue weighted by Gasteiger charge is 2.21. The Hall–Kier alpha value is -1.66. The highest BCUT2D eigenvalue weighted by Crippen LogP contribution is 2.17. The van der Waals surface area contributed by atoms with E-state index in [9.17, 15) is 14.0 Å². The molecule has 0 aliphatic carbocycles. The summed E-state index contributed by atoms with van der Waals surface area (Å²) in [7, 11) is 0. The zero-order chi connectivity index (χ0) is 18.4. The number of carbonyl (C=O) groups excluding carboxylic acids is 2. The zero-order valence-electron chi connectivity index (χ0n) is 14.6. The summed E-state index contributed by atoms with van der Waals surface area (Å²) in [5.74, 6) is -0.437. The van der Waals surface area contributed by atoms with E-state index in [1.807, 2.05) is 13.8 Å². The van der Waals surface area contributed by atoms with Crippen LogP contribution in [-0.4, -0.2) is 48.9 Å². The molecule has 1 aliphatic heterocycles. The van der Waals surface area contributed by atoms with Gasteiger partial charge in [-0.05, 0) is 63.9 Å². The summed E-state index contributed by atoms with van der Waals surface area (Å²) >= 11 is 5.77. The number of carbonyl (C=O) groups is 2. The van der Waals surface area contributed by atoms with Crippen LogP contribution >= 0.6 is 11.6 Å². The molecule has 5 nitrogen and oxygen atoms in total. The van der Waals surface area contributed by atoms with E-state index in [4.69, 9.17) is 11.6 Å². The lowest BCUT2D eigenvalue weighted by molar-refractivity contribution is -0.123. The molecule has 0 unspecified atom stereocenters. The topological polar surface area (TPSA) is 61.4 Å². The van der Waals surface area contributed by atoms with Crippen molar-refractivity contribution in [3.63, 3.8) is 0 Å². The lowest BCUT2D eigenvalue weighted by Gasteiger charge is -2.31. The van der Waals surface area contributed by atoms with Crippen molar-refractivity contribution in [3.8, 4) is 0 Å². The minimum atomic E-state index is -0.523. The van der Waals surface area contributed by atoms with Crippen LogP contribution in [0.4, 0.5) is 4.39 Å². The van der Waals surface area contributed by atoms with Crippen LogP contribution in [0.25, 0.3) is 0 Å². The predicted molar refractivity (Wildman–Crippen MR) is 96.2 cm³/mol. The average molecular weight is 370 g/mol. The minimum absolute atomic E-state index is 0.0461. The van der Waals surface area contributed by atoms with Gasteiger partial charge in [0.25, 0.3) is 5.91 Å². The molecule has 0 radical (unpaired) electrons. The second-order valence-corrected chi connectivity index (χ2v) is 7.25. The molecule has 1 aromatic rings. The van der Waals surface area contributed by atoms with Crippen molar-refractivity contribution in [3.05, 3.63) is 34.6 Å². The summed E-state index contributed by atoms with van der Waals surface area (Å²) in [6, 6.07) is 3.95. The number of likely N-dealkylation sites (tertiary alicyclic amines) is 1. The van der Waals surface area contributed by atoms with Crippen LogP contribution in [0.2, 0.25) is 5.02 Å². The average Bonchev–Trinajstić information content (AvgIpc) is 2.52. The largest absolute Gasteiger partial charge is 0.353 e. The van der Waals surface area contributed by atoms with Crippen LogP contribution in [0, 0.1) is 11.7 Å². The fraction of sp³-hybridized carbons (Fsp3) is 0.556. The Labute approximate surface area is 152 Å². The predicted octanol–water partition coefficient (Wildman–Crippen LogP) is 2.45. The first-order chi connectivity index (χ1) is 11.8. The second kappa shape index (κ2) is 9.15. The van der Waals surface area contributed by atoms with E-state index in [-0.39, 0.29) is 28.4 Å². The first-order valence-corrected chi connectivity index (χ1v) is 8.97. The van der Waals surface area contributed by atoms with Crippen LogP contribution in [0.3, 0.4) is 0 Å². The number of piperidine rings is 1. The Morgan fingerprint density at radius 2 is 1.96 bits per heavy atom. The number of nitrogens with zero attached hydrogens (tertiary/aromatic N) is 1. The normalized spacial score (nSPS) is 16.0. The SMILES string of the molecule is CC(C)NC(=O)CN1CCC(CNC(=O)c2cc(F)cc(Cl)c2)CC1. The maximum absolute atomic E-state index is 13.3. The molecule has 0 spiro atoms. The molecule has 2 amide bonds. The van der Waals surface area contributed by atoms with E-state index < -0.39 is 5.82 Å². The molecule has 0 aromatic heterocycles. The lowest BCUT2D eigenvalue weighted by atomic mass is 9.96. The van der Waals surface area contributed by atoms with Gasteiger partial charge in [0.2, 0.25) is 5.91 Å². The number of benzene rings is 1. The maximum atomic E-state index is 13.3. The van der Waals surface area contributed by atoms with Gasteiger partial charge in [0, 0.05) is 23.2 Å². The third-order valence-electron chi connectivity index (χ3n) is 4.20. The van der Waals surface area contributed by atoms with Crippen LogP contribution in [0.15, 0.2) is 18.2 Å². The molecule has 2 rings (SSSR count). The Kier molecular flexibility index (Phi) is 7.20. The van der Waals surface area contributed by atoms with E-state index in [1.165, 1.54) is 18.2 Å². The van der Waals surface area contributed by atoms with Crippen molar-refractivity contribution < 1.29 is 14.0 Å². The van der Waals surface area contributed by atoms with E-state index in [0.717, 1.165) is 25.9 Å². The zero-order valence-corrected chi connectivity index (χ0v) is 15.4. The molecule has 7 heteroatoms. The summed E-state index contributed by atoms with van der Waals surface area (Å²) in [6.07, 6.45) is 1.83. The molecule has 1 aliphatic rings. The van der Waals surface area contributed by atoms with Gasteiger partial charge in [-0.25, -0.2) is 4.39 Å². The highest BCUT2D eigenvalue weighted by atomic mass is 35.5. The van der Waals surface area contributed by atoms with Crippen LogP contribution in [0.5, 0.6) is 0 Å². The van der Waals surface area contributed by atoms with Crippen molar-refractivity contribution in [1.29, 1.82) is 0 Å². The molecule has 2 N–H and O–H groups in total. The molecule has 25 heavy (non-hydrogen) atoms. The summed E-state index contributed by atoms with van der Waals surface area (Å²) in [4.78, 5) is 26.0. The van der Waals surface area contributed by atoms with Gasteiger partial charge in [-0.15, -0.1) is 0 Å². The number of hydrogen-bond acceptors (Lipinski definition) is 3. The van der Waals surface area contributed by atoms with E-state index in [1.54, 1.807) is 0 Å². The Morgan fingerprint density at radius 3 is 2.56 bits per heavy atom. The third kappa shape index (κ3) is 6.63. The Morgan fingerprint density at radius 1 is 1.28 bits per heavy atom. The lowest BCUT2D eigenvalue weighted by Crippen LogP contribution is -2.44. The van der Waals surface area contributed by atoms with Crippen LogP contribution in [0.1, 0.15) is 37.0 Å². The molecule has 0 saturated carbocycles. The molecule has 1 aromatic carbocycles. The van der Waals surface area contributed by atoms with Gasteiger partial charge >= 0.3 is 0 Å². The van der Waals surface area contributed by atoms with Crippen LogP contribution in [-0.2, 0) is 4.79 Å². The highest BCUT2D eigenvalue weighted by molar-refractivity contribution is 6.31. The Bertz CT molecular complexity index is 596. The number of amides is 2.